The molecule has 3 rings (SSSR count). The van der Waals surface area contributed by atoms with Crippen molar-refractivity contribution in [3.8, 4) is 0 Å². The van der Waals surface area contributed by atoms with Crippen molar-refractivity contribution < 1.29 is 65.4 Å². The minimum atomic E-state index is 0. The Hall–Kier alpha value is -0.132. The van der Waals surface area contributed by atoms with E-state index in [2.05, 4.69) is 64.1 Å². The summed E-state index contributed by atoms with van der Waals surface area (Å²) in [6.45, 7) is 22.3. The van der Waals surface area contributed by atoms with Crippen LogP contribution in [0.5, 0.6) is 0 Å². The van der Waals surface area contributed by atoms with Gasteiger partial charge >= 0.3 is 0 Å². The van der Waals surface area contributed by atoms with Crippen molar-refractivity contribution >= 4 is 0 Å². The smallest absolute Gasteiger partial charge is 0 e. The monoisotopic (exact) mass is 568 g/mol. The summed E-state index contributed by atoms with van der Waals surface area (Å²) in [5.74, 6) is 0. The topological polar surface area (TPSA) is 0 Å². The fourth-order valence-electron chi connectivity index (χ4n) is 1.64. The molecule has 0 aliphatic rings. The molecule has 0 heterocycles. The molecule has 0 spiro atoms. The summed E-state index contributed by atoms with van der Waals surface area (Å²) in [6.07, 6.45) is 0. The molecule has 0 amide bonds. The Labute approximate surface area is 245 Å². The maximum Gasteiger partial charge on any atom is 0 e. The first-order valence-electron chi connectivity index (χ1n) is 10.7. The Balaban J connectivity index is -0.0000000945. The predicted octanol–water partition coefficient (Wildman–Crippen LogP) is 8.88. The van der Waals surface area contributed by atoms with Crippen LogP contribution in [-0.2, 0) is 65.4 Å². The summed E-state index contributed by atoms with van der Waals surface area (Å²) in [4.78, 5) is 0. The van der Waals surface area contributed by atoms with E-state index < -0.39 is 0 Å². The minimum Gasteiger partial charge on any atom is -0.356 e. The third-order valence-corrected chi connectivity index (χ3v) is 3.46. The molecule has 0 aliphatic heterocycles. The van der Waals surface area contributed by atoms with Crippen molar-refractivity contribution in [2.75, 3.05) is 0 Å². The fourth-order valence-corrected chi connectivity index (χ4v) is 1.64. The van der Waals surface area contributed by atoms with Gasteiger partial charge in [-0.3, -0.25) is 23.8 Å². The molecule has 2 heteroatoms. The fraction of sp³-hybridized carbons (Fsp3) is 0.379. The summed E-state index contributed by atoms with van der Waals surface area (Å²) < 4.78 is 0. The van der Waals surface area contributed by atoms with E-state index in [-0.39, 0.29) is 65.4 Å². The molecule has 0 unspecified atom stereocenters. The Kier molecular flexibility index (Phi) is 42.5. The molecular weight excluding hydrogens is 526 g/mol. The van der Waals surface area contributed by atoms with Crippen LogP contribution in [0.3, 0.4) is 0 Å². The van der Waals surface area contributed by atoms with Crippen LogP contribution >= 0.6 is 0 Å². The van der Waals surface area contributed by atoms with Crippen LogP contribution in [0.2, 0.25) is 0 Å². The molecule has 0 saturated carbocycles. The maximum absolute atomic E-state index is 3.10. The third-order valence-electron chi connectivity index (χ3n) is 3.46. The number of hydrogen-bond acceptors (Lipinski definition) is 0. The Bertz CT molecular complexity index is 606. The number of hydrogen-bond donors (Lipinski definition) is 0. The second-order valence-electron chi connectivity index (χ2n) is 5.40. The molecule has 0 bridgehead atoms. The largest absolute Gasteiger partial charge is 0.356 e. The van der Waals surface area contributed by atoms with Crippen molar-refractivity contribution in [1.82, 2.24) is 0 Å². The molecule has 0 fully saturated rings. The van der Waals surface area contributed by atoms with Gasteiger partial charge in [-0.05, 0) is 0 Å². The van der Waals surface area contributed by atoms with Crippen molar-refractivity contribution in [2.24, 2.45) is 0 Å². The van der Waals surface area contributed by atoms with E-state index in [0.29, 0.717) is 0 Å². The molecule has 3 aromatic carbocycles. The second-order valence-corrected chi connectivity index (χ2v) is 5.40. The van der Waals surface area contributed by atoms with Crippen molar-refractivity contribution in [3.63, 3.8) is 0 Å². The molecule has 2 radical (unpaired) electrons. The zero-order chi connectivity index (χ0) is 23.1. The zero-order valence-electron chi connectivity index (χ0n) is 21.9. The van der Waals surface area contributed by atoms with Gasteiger partial charge in [0.2, 0.25) is 0 Å². The van der Waals surface area contributed by atoms with Gasteiger partial charge in [-0.2, -0.15) is 70.8 Å². The van der Waals surface area contributed by atoms with Gasteiger partial charge in [-0.1, -0.05) is 76.2 Å². The van der Waals surface area contributed by atoms with E-state index in [4.69, 9.17) is 0 Å². The number of aryl methyl sites for hydroxylation is 5. The summed E-state index contributed by atoms with van der Waals surface area (Å²) >= 11 is 0. The van der Waals surface area contributed by atoms with E-state index in [9.17, 15) is 0 Å². The van der Waals surface area contributed by atoms with E-state index in [1.54, 1.807) is 0 Å². The second kappa shape index (κ2) is 32.0. The van der Waals surface area contributed by atoms with Gasteiger partial charge in [-0.15, -0.1) is 0 Å². The van der Waals surface area contributed by atoms with Gasteiger partial charge in [0.05, 0.1) is 0 Å². The summed E-state index contributed by atoms with van der Waals surface area (Å²) in [6, 6.07) is 29.9. The van der Waals surface area contributed by atoms with Crippen molar-refractivity contribution in [3.05, 3.63) is 107 Å². The molecule has 0 nitrogen and oxygen atoms in total. The molecule has 0 aromatic heterocycles. The van der Waals surface area contributed by atoms with E-state index in [0.717, 1.165) is 5.56 Å². The third kappa shape index (κ3) is 26.0. The van der Waals surface area contributed by atoms with E-state index >= 15 is 0 Å². The Morgan fingerprint density at radius 2 is 0.742 bits per heavy atom. The summed E-state index contributed by atoms with van der Waals surface area (Å²) in [7, 11) is 0. The number of rotatable bonds is 0. The van der Waals surface area contributed by atoms with Crippen LogP contribution in [0.25, 0.3) is 0 Å². The van der Waals surface area contributed by atoms with E-state index in [1.165, 1.54) is 22.3 Å². The zero-order valence-corrected chi connectivity index (χ0v) is 27.5. The van der Waals surface area contributed by atoms with Crippen molar-refractivity contribution in [2.45, 2.75) is 76.2 Å². The molecular formula is C29H42Y2-4. The molecule has 0 saturated heterocycles. The molecule has 168 valence electrons. The average molecular weight is 568 g/mol. The predicted molar refractivity (Wildman–Crippen MR) is 132 cm³/mol. The van der Waals surface area contributed by atoms with Crippen molar-refractivity contribution in [1.29, 1.82) is 0 Å². The van der Waals surface area contributed by atoms with Crippen LogP contribution in [0, 0.1) is 58.9 Å². The average Bonchev–Trinajstić information content (AvgIpc) is 2.78. The molecule has 0 atom stereocenters. The van der Waals surface area contributed by atoms with E-state index in [1.807, 2.05) is 90.9 Å². The molecule has 0 N–H and O–H groups in total. The van der Waals surface area contributed by atoms with Crippen LogP contribution in [0.4, 0.5) is 0 Å². The van der Waals surface area contributed by atoms with Gasteiger partial charge < -0.3 is 12.1 Å². The molecule has 31 heavy (non-hydrogen) atoms. The first-order chi connectivity index (χ1) is 14.0. The van der Waals surface area contributed by atoms with Crippen LogP contribution in [0.15, 0.2) is 54.6 Å². The molecule has 3 aromatic rings. The van der Waals surface area contributed by atoms with Gasteiger partial charge in [0.1, 0.15) is 0 Å². The quantitative estimate of drug-likeness (QED) is 0.238. The maximum atomic E-state index is 3.10. The van der Waals surface area contributed by atoms with Gasteiger partial charge in [0.15, 0.2) is 0 Å². The van der Waals surface area contributed by atoms with Gasteiger partial charge in [0.25, 0.3) is 0 Å². The van der Waals surface area contributed by atoms with Crippen LogP contribution in [-0.4, -0.2) is 0 Å². The van der Waals surface area contributed by atoms with Gasteiger partial charge in [0, 0.05) is 65.4 Å². The Morgan fingerprint density at radius 1 is 0.452 bits per heavy atom. The first kappa shape index (κ1) is 41.2. The summed E-state index contributed by atoms with van der Waals surface area (Å²) in [5.41, 5.74) is 6.18. The van der Waals surface area contributed by atoms with Gasteiger partial charge in [-0.25, -0.2) is 0 Å². The van der Waals surface area contributed by atoms with Crippen LogP contribution < -0.4 is 0 Å². The molecule has 0 aliphatic carbocycles. The Morgan fingerprint density at radius 3 is 0.903 bits per heavy atom. The summed E-state index contributed by atoms with van der Waals surface area (Å²) in [5, 5.41) is 0. The normalized spacial score (nSPS) is 7.32. The number of benzene rings is 3. The SMILES string of the molecule is CC.CC.CC.Cc1[c-]ccc[c-]1.Cc1[c-]cccc1C.Cc1[c-]cccc1C.[Y].[Y]. The first-order valence-corrected chi connectivity index (χ1v) is 10.7. The standard InChI is InChI=1S/2C8H9.C7H6.3C2H6.2Y/c2*1-7-5-3-4-6-8(7)2;1-7-5-3-2-4-6-7;3*1-2;;/h2*3-5H,1-2H3;2-4H,1H3;3*1-2H3;;/q2*-1;-2;;;;;. The van der Waals surface area contributed by atoms with Crippen LogP contribution in [0.1, 0.15) is 69.4 Å². The minimum absolute atomic E-state index is 0.